The summed E-state index contributed by atoms with van der Waals surface area (Å²) in [6, 6.07) is 4.28. The molecule has 0 atom stereocenters. The molecule has 0 saturated carbocycles. The van der Waals surface area contributed by atoms with Gasteiger partial charge in [0.05, 0.1) is 22.1 Å². The van der Waals surface area contributed by atoms with Crippen molar-refractivity contribution in [3.8, 4) is 5.75 Å². The summed E-state index contributed by atoms with van der Waals surface area (Å²) in [5.41, 5.74) is -4.79. The largest absolute Gasteiger partial charge is 0.496 e. The van der Waals surface area contributed by atoms with Crippen LogP contribution in [0, 0.1) is 0 Å². The van der Waals surface area contributed by atoms with Crippen LogP contribution in [0.3, 0.4) is 0 Å². The number of ketones is 2. The van der Waals surface area contributed by atoms with Crippen molar-refractivity contribution in [1.82, 2.24) is 0 Å². The Morgan fingerprint density at radius 3 is 2.40 bits per heavy atom. The Morgan fingerprint density at radius 1 is 1.20 bits per heavy atom. The SMILES string of the molecule is COc1cccc2c1C(=O)C(SC(F)(F)F)=C(Br)C2=O. The average molecular weight is 367 g/mol. The number of Topliss-reactive ketones (excluding diaryl/α,β-unsaturated/α-hetero) is 2. The minimum atomic E-state index is -4.66. The molecule has 3 nitrogen and oxygen atoms in total. The number of thioether (sulfide) groups is 1. The molecule has 0 fully saturated rings. The molecule has 0 saturated heterocycles. The first-order valence-electron chi connectivity index (χ1n) is 5.18. The number of halogens is 4. The minimum Gasteiger partial charge on any atom is -0.496 e. The zero-order valence-corrected chi connectivity index (χ0v) is 12.3. The second-order valence-corrected chi connectivity index (χ2v) is 5.60. The fourth-order valence-electron chi connectivity index (χ4n) is 1.77. The van der Waals surface area contributed by atoms with Crippen molar-refractivity contribution >= 4 is 39.3 Å². The number of alkyl halides is 3. The number of rotatable bonds is 2. The standard InChI is InChI=1S/C12H6BrF3O3S/c1-19-6-4-2-3-5-7(6)10(18)11(8(13)9(5)17)20-12(14,15)16/h2-4H,1H3. The summed E-state index contributed by atoms with van der Waals surface area (Å²) < 4.78 is 42.0. The van der Waals surface area contributed by atoms with Crippen LogP contribution in [0.5, 0.6) is 5.75 Å². The molecule has 0 spiro atoms. The average Bonchev–Trinajstić information content (AvgIpc) is 2.39. The van der Waals surface area contributed by atoms with Gasteiger partial charge in [-0.05, 0) is 39.8 Å². The second kappa shape index (κ2) is 5.25. The monoisotopic (exact) mass is 366 g/mol. The van der Waals surface area contributed by atoms with E-state index < -0.39 is 33.7 Å². The first kappa shape index (κ1) is 15.1. The summed E-state index contributed by atoms with van der Waals surface area (Å²) in [5, 5.41) is 0. The molecule has 1 aliphatic rings. The molecule has 2 rings (SSSR count). The van der Waals surface area contributed by atoms with E-state index in [0.29, 0.717) is 0 Å². The van der Waals surface area contributed by atoms with E-state index in [2.05, 4.69) is 15.9 Å². The van der Waals surface area contributed by atoms with Gasteiger partial charge in [-0.1, -0.05) is 6.07 Å². The summed E-state index contributed by atoms with van der Waals surface area (Å²) >= 11 is 2.16. The number of fused-ring (bicyclic) bond motifs is 1. The van der Waals surface area contributed by atoms with Crippen LogP contribution < -0.4 is 4.74 Å². The van der Waals surface area contributed by atoms with Crippen LogP contribution in [-0.4, -0.2) is 24.2 Å². The molecule has 0 N–H and O–H groups in total. The first-order chi connectivity index (χ1) is 9.26. The Kier molecular flexibility index (Phi) is 3.97. The van der Waals surface area contributed by atoms with E-state index in [1.165, 1.54) is 25.3 Å². The Hall–Kier alpha value is -1.28. The van der Waals surface area contributed by atoms with Gasteiger partial charge in [0.25, 0.3) is 0 Å². The molecule has 0 aliphatic heterocycles. The molecular weight excluding hydrogens is 361 g/mol. The van der Waals surface area contributed by atoms with Gasteiger partial charge >= 0.3 is 5.51 Å². The zero-order valence-electron chi connectivity index (χ0n) is 9.88. The molecule has 20 heavy (non-hydrogen) atoms. The number of carbonyl (C=O) groups is 2. The molecule has 1 aliphatic carbocycles. The normalized spacial score (nSPS) is 15.4. The van der Waals surface area contributed by atoms with Crippen molar-refractivity contribution in [2.24, 2.45) is 0 Å². The first-order valence-corrected chi connectivity index (χ1v) is 6.79. The van der Waals surface area contributed by atoms with Crippen LogP contribution in [0.2, 0.25) is 0 Å². The van der Waals surface area contributed by atoms with Gasteiger partial charge in [-0.25, -0.2) is 0 Å². The maximum atomic E-state index is 12.5. The van der Waals surface area contributed by atoms with E-state index in [4.69, 9.17) is 4.74 Å². The van der Waals surface area contributed by atoms with Crippen LogP contribution >= 0.6 is 27.7 Å². The van der Waals surface area contributed by atoms with Crippen molar-refractivity contribution in [3.05, 3.63) is 38.7 Å². The summed E-state index contributed by atoms with van der Waals surface area (Å²) in [6.07, 6.45) is 0. The van der Waals surface area contributed by atoms with Gasteiger partial charge in [-0.3, -0.25) is 9.59 Å². The lowest BCUT2D eigenvalue weighted by atomic mass is 9.94. The molecule has 0 radical (unpaired) electrons. The number of benzene rings is 1. The van der Waals surface area contributed by atoms with Gasteiger partial charge in [-0.2, -0.15) is 13.2 Å². The molecule has 0 unspecified atom stereocenters. The molecule has 0 aromatic heterocycles. The Balaban J connectivity index is 2.61. The highest BCUT2D eigenvalue weighted by molar-refractivity contribution is 9.12. The highest BCUT2D eigenvalue weighted by Gasteiger charge is 2.40. The molecule has 0 heterocycles. The fourth-order valence-corrected chi connectivity index (χ4v) is 3.01. The van der Waals surface area contributed by atoms with E-state index in [-0.39, 0.29) is 21.4 Å². The third kappa shape index (κ3) is 2.62. The van der Waals surface area contributed by atoms with Gasteiger partial charge in [0.15, 0.2) is 0 Å². The number of methoxy groups -OCH3 is 1. The van der Waals surface area contributed by atoms with Crippen molar-refractivity contribution in [2.75, 3.05) is 7.11 Å². The quantitative estimate of drug-likeness (QED) is 0.795. The van der Waals surface area contributed by atoms with E-state index in [0.717, 1.165) is 0 Å². The smallest absolute Gasteiger partial charge is 0.446 e. The van der Waals surface area contributed by atoms with Crippen molar-refractivity contribution < 1.29 is 27.5 Å². The van der Waals surface area contributed by atoms with Crippen LogP contribution in [0.4, 0.5) is 13.2 Å². The van der Waals surface area contributed by atoms with E-state index in [1.807, 2.05) is 0 Å². The third-order valence-corrected chi connectivity index (χ3v) is 4.38. The van der Waals surface area contributed by atoms with Crippen molar-refractivity contribution in [3.63, 3.8) is 0 Å². The number of hydrogen-bond donors (Lipinski definition) is 0. The number of hydrogen-bond acceptors (Lipinski definition) is 4. The predicted molar refractivity (Wildman–Crippen MR) is 71.3 cm³/mol. The molecular formula is C12H6BrF3O3S. The van der Waals surface area contributed by atoms with Crippen LogP contribution in [-0.2, 0) is 0 Å². The summed E-state index contributed by atoms with van der Waals surface area (Å²) in [7, 11) is 1.28. The number of carbonyl (C=O) groups excluding carboxylic acids is 2. The maximum absolute atomic E-state index is 12.5. The summed E-state index contributed by atoms with van der Waals surface area (Å²) in [5.74, 6) is -1.49. The number of allylic oxidation sites excluding steroid dienone is 2. The van der Waals surface area contributed by atoms with E-state index in [9.17, 15) is 22.8 Å². The predicted octanol–water partition coefficient (Wildman–Crippen LogP) is 3.93. The molecule has 0 amide bonds. The molecule has 1 aromatic rings. The fraction of sp³-hybridized carbons (Fsp3) is 0.167. The minimum absolute atomic E-state index is 0.0211. The highest BCUT2D eigenvalue weighted by Crippen LogP contribution is 2.45. The molecule has 0 bridgehead atoms. The Bertz CT molecular complexity index is 637. The van der Waals surface area contributed by atoms with Gasteiger partial charge in [0.1, 0.15) is 5.75 Å². The van der Waals surface area contributed by atoms with Crippen LogP contribution in [0.25, 0.3) is 0 Å². The lowest BCUT2D eigenvalue weighted by Gasteiger charge is -2.20. The topological polar surface area (TPSA) is 43.4 Å². The Morgan fingerprint density at radius 2 is 1.85 bits per heavy atom. The number of ether oxygens (including phenoxy) is 1. The molecule has 1 aromatic carbocycles. The van der Waals surface area contributed by atoms with E-state index in [1.54, 1.807) is 0 Å². The van der Waals surface area contributed by atoms with Gasteiger partial charge in [0.2, 0.25) is 11.6 Å². The third-order valence-electron chi connectivity index (χ3n) is 2.54. The zero-order chi connectivity index (χ0) is 15.1. The Labute approximate surface area is 124 Å². The van der Waals surface area contributed by atoms with E-state index >= 15 is 0 Å². The van der Waals surface area contributed by atoms with Crippen molar-refractivity contribution in [1.29, 1.82) is 0 Å². The molecule has 106 valence electrons. The van der Waals surface area contributed by atoms with Gasteiger partial charge in [-0.15, -0.1) is 0 Å². The van der Waals surface area contributed by atoms with Crippen LogP contribution in [0.15, 0.2) is 27.6 Å². The summed E-state index contributed by atoms with van der Waals surface area (Å²) in [6.45, 7) is 0. The van der Waals surface area contributed by atoms with Gasteiger partial charge in [0, 0.05) is 5.56 Å². The lowest BCUT2D eigenvalue weighted by molar-refractivity contribution is -0.0322. The highest BCUT2D eigenvalue weighted by atomic mass is 79.9. The van der Waals surface area contributed by atoms with Crippen molar-refractivity contribution in [2.45, 2.75) is 5.51 Å². The second-order valence-electron chi connectivity index (χ2n) is 3.73. The lowest BCUT2D eigenvalue weighted by Crippen LogP contribution is -2.21. The van der Waals surface area contributed by atoms with Gasteiger partial charge < -0.3 is 4.74 Å². The molecule has 8 heteroatoms. The van der Waals surface area contributed by atoms with Crippen LogP contribution in [0.1, 0.15) is 20.7 Å². The summed E-state index contributed by atoms with van der Waals surface area (Å²) in [4.78, 5) is 23.5. The maximum Gasteiger partial charge on any atom is 0.446 e.